The number of nitrogens with zero attached hydrogens (tertiary/aromatic N) is 2. The van der Waals surface area contributed by atoms with Crippen LogP contribution < -0.4 is 5.32 Å². The van der Waals surface area contributed by atoms with Crippen LogP contribution >= 0.6 is 0 Å². The number of ether oxygens (including phenoxy) is 1. The Balaban J connectivity index is 1.70. The first-order valence-electron chi connectivity index (χ1n) is 8.75. The maximum atomic E-state index is 11.3. The summed E-state index contributed by atoms with van der Waals surface area (Å²) in [7, 11) is -0.229. The van der Waals surface area contributed by atoms with Gasteiger partial charge in [-0.05, 0) is 43.1 Å². The Hall–Kier alpha value is -1.70. The quantitative estimate of drug-likeness (QED) is 0.587. The molecule has 3 unspecified atom stereocenters. The number of hydrogen-bond acceptors (Lipinski definition) is 4. The number of imidazole rings is 1. The predicted octanol–water partition coefficient (Wildman–Crippen LogP) is 1.49. The molecular formula is C17H23N3O3Si. The van der Waals surface area contributed by atoms with Crippen molar-refractivity contribution in [2.24, 2.45) is 0 Å². The van der Waals surface area contributed by atoms with Gasteiger partial charge in [0.25, 0.3) is 0 Å². The number of carbonyl (C=O) groups is 1. The van der Waals surface area contributed by atoms with Crippen LogP contribution in [0.2, 0.25) is 5.54 Å². The average molecular weight is 345 g/mol. The van der Waals surface area contributed by atoms with E-state index in [0.29, 0.717) is 22.9 Å². The average Bonchev–Trinajstić information content (AvgIpc) is 3.17. The fourth-order valence-corrected chi connectivity index (χ4v) is 5.84. The van der Waals surface area contributed by atoms with Gasteiger partial charge in [-0.2, -0.15) is 0 Å². The highest BCUT2D eigenvalue weighted by atomic mass is 28.2. The van der Waals surface area contributed by atoms with E-state index in [1.54, 1.807) is 12.1 Å². The van der Waals surface area contributed by atoms with Crippen molar-refractivity contribution in [3.63, 3.8) is 0 Å². The van der Waals surface area contributed by atoms with Gasteiger partial charge in [0.2, 0.25) is 0 Å². The van der Waals surface area contributed by atoms with Gasteiger partial charge in [0.05, 0.1) is 38.8 Å². The van der Waals surface area contributed by atoms with Gasteiger partial charge in [-0.25, -0.2) is 9.78 Å². The smallest absolute Gasteiger partial charge is 0.335 e. The molecule has 0 spiro atoms. The van der Waals surface area contributed by atoms with Crippen molar-refractivity contribution < 1.29 is 14.6 Å². The molecule has 2 aliphatic heterocycles. The van der Waals surface area contributed by atoms with Crippen LogP contribution in [0, 0.1) is 0 Å². The van der Waals surface area contributed by atoms with E-state index in [4.69, 9.17) is 9.72 Å². The van der Waals surface area contributed by atoms with E-state index in [1.165, 1.54) is 6.42 Å². The molecule has 0 aliphatic carbocycles. The van der Waals surface area contributed by atoms with E-state index in [0.717, 1.165) is 43.0 Å². The maximum absolute atomic E-state index is 11.3. The highest BCUT2D eigenvalue weighted by Crippen LogP contribution is 2.49. The van der Waals surface area contributed by atoms with Crippen LogP contribution in [0.25, 0.3) is 11.0 Å². The van der Waals surface area contributed by atoms with E-state index >= 15 is 0 Å². The number of carboxylic acids is 1. The van der Waals surface area contributed by atoms with Crippen molar-refractivity contribution in [3.8, 4) is 0 Å². The number of aromatic nitrogens is 2. The number of hydrogen-bond donors (Lipinski definition) is 2. The molecule has 128 valence electrons. The summed E-state index contributed by atoms with van der Waals surface area (Å²) in [6, 6.07) is 5.25. The Morgan fingerprint density at radius 2 is 2.38 bits per heavy atom. The van der Waals surface area contributed by atoms with E-state index in [1.807, 2.05) is 6.07 Å². The zero-order valence-electron chi connectivity index (χ0n) is 13.9. The molecule has 3 heterocycles. The monoisotopic (exact) mass is 345 g/mol. The predicted molar refractivity (Wildman–Crippen MR) is 94.4 cm³/mol. The summed E-state index contributed by atoms with van der Waals surface area (Å²) in [5, 5.41) is 12.7. The lowest BCUT2D eigenvalue weighted by atomic mass is 10.1. The number of aromatic carboxylic acids is 1. The second-order valence-corrected chi connectivity index (χ2v) is 9.00. The molecule has 6 nitrogen and oxygen atoms in total. The van der Waals surface area contributed by atoms with Gasteiger partial charge in [0.1, 0.15) is 5.82 Å². The first-order valence-corrected chi connectivity index (χ1v) is 10.4. The Kier molecular flexibility index (Phi) is 4.15. The molecule has 2 aromatic rings. The van der Waals surface area contributed by atoms with Gasteiger partial charge >= 0.3 is 5.97 Å². The van der Waals surface area contributed by atoms with Crippen molar-refractivity contribution in [1.82, 2.24) is 14.9 Å². The molecule has 2 aliphatic rings. The van der Waals surface area contributed by atoms with Crippen molar-refractivity contribution >= 4 is 26.5 Å². The Labute approximate surface area is 143 Å². The minimum atomic E-state index is -0.887. The maximum Gasteiger partial charge on any atom is 0.335 e. The lowest BCUT2D eigenvalue weighted by Gasteiger charge is -2.27. The molecule has 2 saturated heterocycles. The van der Waals surface area contributed by atoms with Gasteiger partial charge in [-0.15, -0.1) is 0 Å². The summed E-state index contributed by atoms with van der Waals surface area (Å²) in [4.78, 5) is 16.1. The van der Waals surface area contributed by atoms with Gasteiger partial charge in [0.15, 0.2) is 0 Å². The summed E-state index contributed by atoms with van der Waals surface area (Å²) in [5.41, 5.74) is 3.37. The van der Waals surface area contributed by atoms with Crippen LogP contribution in [0.5, 0.6) is 0 Å². The van der Waals surface area contributed by atoms with E-state index < -0.39 is 5.97 Å². The second-order valence-electron chi connectivity index (χ2n) is 6.75. The summed E-state index contributed by atoms with van der Waals surface area (Å²) in [6.07, 6.45) is 2.68. The zero-order valence-corrected chi connectivity index (χ0v) is 15.3. The second kappa shape index (κ2) is 6.31. The van der Waals surface area contributed by atoms with Crippen molar-refractivity contribution in [3.05, 3.63) is 29.6 Å². The van der Waals surface area contributed by atoms with E-state index in [2.05, 4.69) is 16.8 Å². The Morgan fingerprint density at radius 3 is 3.04 bits per heavy atom. The molecule has 1 aromatic heterocycles. The third kappa shape index (κ3) is 2.76. The van der Waals surface area contributed by atoms with Crippen LogP contribution in [-0.4, -0.2) is 49.4 Å². The fourth-order valence-electron chi connectivity index (χ4n) is 3.64. The van der Waals surface area contributed by atoms with E-state index in [-0.39, 0.29) is 9.52 Å². The molecule has 4 rings (SSSR count). The molecule has 0 radical (unpaired) electrons. The molecule has 0 bridgehead atoms. The lowest BCUT2D eigenvalue weighted by molar-refractivity contribution is -0.0494. The molecule has 24 heavy (non-hydrogen) atoms. The molecule has 1 aromatic carbocycles. The minimum Gasteiger partial charge on any atom is -0.478 e. The number of nitrogens with one attached hydrogen (secondary N) is 1. The summed E-state index contributed by atoms with van der Waals surface area (Å²) < 4.78 is 8.00. The van der Waals surface area contributed by atoms with E-state index in [9.17, 15) is 9.90 Å². The zero-order chi connectivity index (χ0) is 16.7. The van der Waals surface area contributed by atoms with Crippen LogP contribution in [0.15, 0.2) is 18.2 Å². The number of carboxylic acid groups (broad SMARTS) is 1. The molecule has 0 saturated carbocycles. The highest BCUT2D eigenvalue weighted by Gasteiger charge is 2.48. The highest BCUT2D eigenvalue weighted by molar-refractivity contribution is 6.53. The summed E-state index contributed by atoms with van der Waals surface area (Å²) in [6.45, 7) is 4.73. The molecular weight excluding hydrogens is 322 g/mol. The third-order valence-corrected chi connectivity index (χ3v) is 7.40. The number of rotatable bonds is 7. The summed E-state index contributed by atoms with van der Waals surface area (Å²) in [5.74, 6) is 0.141. The summed E-state index contributed by atoms with van der Waals surface area (Å²) >= 11 is 0. The SMILES string of the molecule is CCCNCc1nc2ccc(C(=O)O)cc2n1C1[SiH2]C1C1CCO1. The Morgan fingerprint density at radius 1 is 1.54 bits per heavy atom. The van der Waals surface area contributed by atoms with Gasteiger partial charge in [-0.1, -0.05) is 6.92 Å². The standard InChI is InChI=1S/C17H23N3O3Si/c1-2-6-18-9-14-19-11-4-3-10(17(21)22)8-12(11)20(14)16-15(24-16)13-5-7-23-13/h3-4,8,13,15-16,18H,2,5-7,9,24H2,1H3,(H,21,22). The topological polar surface area (TPSA) is 76.4 Å². The molecule has 7 heteroatoms. The molecule has 2 N–H and O–H groups in total. The molecule has 0 amide bonds. The number of benzene rings is 1. The minimum absolute atomic E-state index is 0.229. The van der Waals surface area contributed by atoms with Crippen LogP contribution in [-0.2, 0) is 11.3 Å². The Bertz CT molecular complexity index is 772. The lowest BCUT2D eigenvalue weighted by Crippen LogP contribution is -2.27. The van der Waals surface area contributed by atoms with Gasteiger partial charge < -0.3 is 19.7 Å². The van der Waals surface area contributed by atoms with Gasteiger partial charge in [0, 0.05) is 12.3 Å². The van der Waals surface area contributed by atoms with Crippen molar-refractivity contribution in [2.75, 3.05) is 13.2 Å². The third-order valence-electron chi connectivity index (χ3n) is 5.07. The molecule has 3 atom stereocenters. The number of fused-ring (bicyclic) bond motifs is 1. The van der Waals surface area contributed by atoms with Gasteiger partial charge in [-0.3, -0.25) is 0 Å². The van der Waals surface area contributed by atoms with Crippen LogP contribution in [0.3, 0.4) is 0 Å². The normalized spacial score (nSPS) is 26.6. The largest absolute Gasteiger partial charge is 0.478 e. The molecule has 2 fully saturated rings. The van der Waals surface area contributed by atoms with Crippen LogP contribution in [0.1, 0.15) is 41.6 Å². The first kappa shape index (κ1) is 15.8. The first-order chi connectivity index (χ1) is 11.7. The van der Waals surface area contributed by atoms with Crippen molar-refractivity contribution in [2.45, 2.75) is 43.6 Å². The van der Waals surface area contributed by atoms with Crippen LogP contribution in [0.4, 0.5) is 0 Å². The van der Waals surface area contributed by atoms with Crippen molar-refractivity contribution in [1.29, 1.82) is 0 Å². The fraction of sp³-hybridized carbons (Fsp3) is 0.529.